The Labute approximate surface area is 146 Å². The lowest BCUT2D eigenvalue weighted by molar-refractivity contribution is 1.44. The molecule has 0 unspecified atom stereocenters. The van der Waals surface area contributed by atoms with Gasteiger partial charge in [0.25, 0.3) is 0 Å². The van der Waals surface area contributed by atoms with E-state index in [-0.39, 0.29) is 0 Å². The van der Waals surface area contributed by atoms with Crippen LogP contribution in [0.2, 0.25) is 5.02 Å². The van der Waals surface area contributed by atoms with Gasteiger partial charge in [-0.1, -0.05) is 66.3 Å². The Morgan fingerprint density at radius 1 is 0.826 bits per heavy atom. The molecule has 0 radical (unpaired) electrons. The third-order valence-corrected chi connectivity index (χ3v) is 4.42. The maximum absolute atomic E-state index is 6.47. The van der Waals surface area contributed by atoms with E-state index in [0.29, 0.717) is 5.02 Å². The molecular weight excluding hydrogens is 322 g/mol. The third kappa shape index (κ3) is 3.61. The Morgan fingerprint density at radius 3 is 2.22 bits per heavy atom. The molecule has 23 heavy (non-hydrogen) atoms. The first kappa shape index (κ1) is 15.7. The Kier molecular flexibility index (Phi) is 4.75. The highest BCUT2D eigenvalue weighted by atomic mass is 35.5. The van der Waals surface area contributed by atoms with Crippen molar-refractivity contribution >= 4 is 40.1 Å². The van der Waals surface area contributed by atoms with E-state index < -0.39 is 0 Å². The lowest BCUT2D eigenvalue weighted by Crippen LogP contribution is -2.03. The van der Waals surface area contributed by atoms with E-state index in [9.17, 15) is 0 Å². The van der Waals surface area contributed by atoms with Crippen LogP contribution in [-0.2, 0) is 0 Å². The minimum absolute atomic E-state index is 0.652. The molecule has 0 aromatic heterocycles. The molecule has 1 nitrogen and oxygen atoms in total. The van der Waals surface area contributed by atoms with Crippen LogP contribution >= 0.6 is 23.8 Å². The first-order valence-electron chi connectivity index (χ1n) is 7.37. The number of thiocarbonyl (C=S) groups is 1. The smallest absolute Gasteiger partial charge is 0.0539 e. The Balaban J connectivity index is 1.88. The van der Waals surface area contributed by atoms with Crippen LogP contribution in [0.15, 0.2) is 72.8 Å². The van der Waals surface area contributed by atoms with Crippen molar-refractivity contribution in [1.29, 1.82) is 0 Å². The van der Waals surface area contributed by atoms with Gasteiger partial charge < -0.3 is 5.32 Å². The average Bonchev–Trinajstić information content (AvgIpc) is 2.56. The number of nitrogens with one attached hydrogen (secondary N) is 1. The van der Waals surface area contributed by atoms with Crippen LogP contribution in [0.3, 0.4) is 0 Å². The highest BCUT2D eigenvalue weighted by molar-refractivity contribution is 7.81. The van der Waals surface area contributed by atoms with E-state index >= 15 is 0 Å². The summed E-state index contributed by atoms with van der Waals surface area (Å²) in [4.78, 5) is 0.777. The second kappa shape index (κ2) is 6.95. The van der Waals surface area contributed by atoms with Crippen LogP contribution in [0, 0.1) is 6.92 Å². The van der Waals surface area contributed by atoms with Gasteiger partial charge in [-0.3, -0.25) is 0 Å². The molecule has 0 atom stereocenters. The van der Waals surface area contributed by atoms with Gasteiger partial charge in [0.15, 0.2) is 0 Å². The van der Waals surface area contributed by atoms with E-state index in [1.807, 2.05) is 66.7 Å². The number of rotatable bonds is 4. The second-order valence-corrected chi connectivity index (χ2v) is 6.15. The van der Waals surface area contributed by atoms with E-state index in [1.54, 1.807) is 0 Å². The van der Waals surface area contributed by atoms with E-state index in [0.717, 1.165) is 32.9 Å². The van der Waals surface area contributed by atoms with Gasteiger partial charge in [-0.2, -0.15) is 0 Å². The van der Waals surface area contributed by atoms with E-state index in [1.165, 1.54) is 0 Å². The molecule has 0 saturated carbocycles. The average molecular weight is 338 g/mol. The molecule has 0 bridgehead atoms. The quantitative estimate of drug-likeness (QED) is 0.452. The zero-order valence-electron chi connectivity index (χ0n) is 12.7. The van der Waals surface area contributed by atoms with Crippen molar-refractivity contribution in [1.82, 2.24) is 0 Å². The van der Waals surface area contributed by atoms with Crippen molar-refractivity contribution in [3.8, 4) is 0 Å². The molecule has 0 heterocycles. The molecule has 114 valence electrons. The summed E-state index contributed by atoms with van der Waals surface area (Å²) in [7, 11) is 0. The fourth-order valence-electron chi connectivity index (χ4n) is 2.44. The molecule has 0 aliphatic heterocycles. The molecule has 0 aliphatic rings. The van der Waals surface area contributed by atoms with Crippen LogP contribution in [0.5, 0.6) is 0 Å². The third-order valence-electron chi connectivity index (χ3n) is 3.67. The number of halogens is 1. The first-order valence-corrected chi connectivity index (χ1v) is 8.16. The summed E-state index contributed by atoms with van der Waals surface area (Å²) in [6.07, 6.45) is 0. The summed E-state index contributed by atoms with van der Waals surface area (Å²) < 4.78 is 0. The highest BCUT2D eigenvalue weighted by Crippen LogP contribution is 2.27. The number of anilines is 2. The van der Waals surface area contributed by atoms with Gasteiger partial charge in [0.2, 0.25) is 0 Å². The van der Waals surface area contributed by atoms with E-state index in [2.05, 4.69) is 18.3 Å². The Morgan fingerprint density at radius 2 is 1.52 bits per heavy atom. The van der Waals surface area contributed by atoms with Gasteiger partial charge in [-0.25, -0.2) is 0 Å². The molecule has 3 aromatic carbocycles. The molecule has 0 fully saturated rings. The minimum Gasteiger partial charge on any atom is -0.355 e. The summed E-state index contributed by atoms with van der Waals surface area (Å²) in [6.45, 7) is 2.06. The molecule has 0 amide bonds. The number of hydrogen-bond donors (Lipinski definition) is 1. The van der Waals surface area contributed by atoms with Gasteiger partial charge in [-0.15, -0.1) is 0 Å². The molecule has 0 spiro atoms. The second-order valence-electron chi connectivity index (χ2n) is 5.33. The highest BCUT2D eigenvalue weighted by Gasteiger charge is 2.11. The largest absolute Gasteiger partial charge is 0.355 e. The van der Waals surface area contributed by atoms with Crippen molar-refractivity contribution < 1.29 is 0 Å². The number of para-hydroxylation sites is 1. The van der Waals surface area contributed by atoms with Gasteiger partial charge in [0.05, 0.1) is 9.89 Å². The monoisotopic (exact) mass is 337 g/mol. The Bertz CT molecular complexity index is 843. The minimum atomic E-state index is 0.652. The molecule has 0 aliphatic carbocycles. The lowest BCUT2D eigenvalue weighted by Gasteiger charge is -2.12. The molecule has 3 rings (SSSR count). The fraction of sp³-hybridized carbons (Fsp3) is 0.0500. The van der Waals surface area contributed by atoms with Crippen LogP contribution in [0.1, 0.15) is 16.7 Å². The van der Waals surface area contributed by atoms with Gasteiger partial charge >= 0.3 is 0 Å². The van der Waals surface area contributed by atoms with Crippen LogP contribution in [0.25, 0.3) is 0 Å². The maximum atomic E-state index is 6.47. The van der Waals surface area contributed by atoms with Crippen LogP contribution in [-0.4, -0.2) is 4.86 Å². The Hall–Kier alpha value is -2.16. The topological polar surface area (TPSA) is 12.0 Å². The molecule has 3 heteroatoms. The van der Waals surface area contributed by atoms with Crippen LogP contribution in [0.4, 0.5) is 11.4 Å². The zero-order valence-corrected chi connectivity index (χ0v) is 14.3. The van der Waals surface area contributed by atoms with Crippen molar-refractivity contribution in [3.63, 3.8) is 0 Å². The van der Waals surface area contributed by atoms with Crippen molar-refractivity contribution in [2.45, 2.75) is 6.92 Å². The fourth-order valence-corrected chi connectivity index (χ4v) is 3.18. The number of benzene rings is 3. The summed E-state index contributed by atoms with van der Waals surface area (Å²) in [6, 6.07) is 24.0. The molecule has 1 N–H and O–H groups in total. The predicted octanol–water partition coefficient (Wildman–Crippen LogP) is 6.16. The zero-order chi connectivity index (χ0) is 16.2. The SMILES string of the molecule is Cc1ccccc1C(=S)c1ccc(Nc2ccccc2)cc1Cl. The van der Waals surface area contributed by atoms with Gasteiger partial charge in [-0.05, 0) is 48.4 Å². The predicted molar refractivity (Wildman–Crippen MR) is 103 cm³/mol. The number of hydrogen-bond acceptors (Lipinski definition) is 2. The van der Waals surface area contributed by atoms with Crippen molar-refractivity contribution in [2.75, 3.05) is 5.32 Å². The normalized spacial score (nSPS) is 10.3. The lowest BCUT2D eigenvalue weighted by atomic mass is 10.00. The van der Waals surface area contributed by atoms with Gasteiger partial charge in [0, 0.05) is 16.9 Å². The molecular formula is C20H16ClNS. The summed E-state index contributed by atoms with van der Waals surface area (Å²) in [5, 5.41) is 3.99. The maximum Gasteiger partial charge on any atom is 0.0539 e. The van der Waals surface area contributed by atoms with Gasteiger partial charge in [0.1, 0.15) is 0 Å². The summed E-state index contributed by atoms with van der Waals surface area (Å²) in [5.74, 6) is 0. The first-order chi connectivity index (χ1) is 11.1. The summed E-state index contributed by atoms with van der Waals surface area (Å²) >= 11 is 12.1. The summed E-state index contributed by atoms with van der Waals surface area (Å²) in [5.41, 5.74) is 5.05. The standard InChI is InChI=1S/C20H16ClNS/c1-14-7-5-6-10-17(14)20(23)18-12-11-16(13-19(18)21)22-15-8-3-2-4-9-15/h2-13,22H,1H3. The molecule has 3 aromatic rings. The molecule has 0 saturated heterocycles. The van der Waals surface area contributed by atoms with E-state index in [4.69, 9.17) is 23.8 Å². The number of aryl methyl sites for hydroxylation is 1. The van der Waals surface area contributed by atoms with Crippen molar-refractivity contribution in [3.05, 3.63) is 94.5 Å². The van der Waals surface area contributed by atoms with Crippen molar-refractivity contribution in [2.24, 2.45) is 0 Å². The van der Waals surface area contributed by atoms with Crippen LogP contribution < -0.4 is 5.32 Å².